The summed E-state index contributed by atoms with van der Waals surface area (Å²) in [7, 11) is 0. The van der Waals surface area contributed by atoms with Crippen molar-refractivity contribution in [2.75, 3.05) is 6.54 Å². The topological polar surface area (TPSA) is 26.0 Å². The molecule has 0 radical (unpaired) electrons. The maximum Gasteiger partial charge on any atom is -0.00722 e. The van der Waals surface area contributed by atoms with Crippen LogP contribution in [-0.4, -0.2) is 6.54 Å². The highest BCUT2D eigenvalue weighted by molar-refractivity contribution is 4.75. The molecule has 0 heterocycles. The first-order valence-corrected chi connectivity index (χ1v) is 3.93. The molecule has 0 aliphatic rings. The molecule has 0 aliphatic carbocycles. The second kappa shape index (κ2) is 4.51. The van der Waals surface area contributed by atoms with Gasteiger partial charge in [0.05, 0.1) is 0 Å². The standard InChI is InChI=1S/C9H19N/c1-4-5-6-9(2,3)7-8-10/h4H,1,5-8,10H2,2-3H3. The fourth-order valence-electron chi connectivity index (χ4n) is 1.01. The van der Waals surface area contributed by atoms with Gasteiger partial charge in [0.15, 0.2) is 0 Å². The average Bonchev–Trinajstić information content (AvgIpc) is 1.84. The molecular formula is C9H19N. The van der Waals surface area contributed by atoms with Crippen LogP contribution in [0.1, 0.15) is 33.1 Å². The van der Waals surface area contributed by atoms with Gasteiger partial charge in [0.25, 0.3) is 0 Å². The molecule has 0 saturated carbocycles. The van der Waals surface area contributed by atoms with Crippen molar-refractivity contribution < 1.29 is 0 Å². The summed E-state index contributed by atoms with van der Waals surface area (Å²) in [6.07, 6.45) is 5.39. The molecular weight excluding hydrogens is 122 g/mol. The van der Waals surface area contributed by atoms with Crippen LogP contribution in [0.2, 0.25) is 0 Å². The molecule has 0 atom stereocenters. The van der Waals surface area contributed by atoms with Gasteiger partial charge in [0.2, 0.25) is 0 Å². The second-order valence-corrected chi connectivity index (χ2v) is 3.53. The van der Waals surface area contributed by atoms with Gasteiger partial charge in [0, 0.05) is 0 Å². The van der Waals surface area contributed by atoms with Crippen molar-refractivity contribution in [2.24, 2.45) is 11.1 Å². The van der Waals surface area contributed by atoms with E-state index in [4.69, 9.17) is 5.73 Å². The Kier molecular flexibility index (Phi) is 4.37. The van der Waals surface area contributed by atoms with Crippen molar-refractivity contribution in [1.82, 2.24) is 0 Å². The number of rotatable bonds is 5. The summed E-state index contributed by atoms with van der Waals surface area (Å²) in [5.74, 6) is 0. The molecule has 60 valence electrons. The van der Waals surface area contributed by atoms with Crippen LogP contribution in [0.15, 0.2) is 12.7 Å². The van der Waals surface area contributed by atoms with E-state index in [2.05, 4.69) is 20.4 Å². The zero-order valence-corrected chi connectivity index (χ0v) is 7.19. The van der Waals surface area contributed by atoms with Gasteiger partial charge in [-0.25, -0.2) is 0 Å². The van der Waals surface area contributed by atoms with E-state index in [1.165, 1.54) is 6.42 Å². The van der Waals surface area contributed by atoms with Gasteiger partial charge in [-0.15, -0.1) is 6.58 Å². The monoisotopic (exact) mass is 141 g/mol. The van der Waals surface area contributed by atoms with Gasteiger partial charge >= 0.3 is 0 Å². The summed E-state index contributed by atoms with van der Waals surface area (Å²) in [6, 6.07) is 0. The van der Waals surface area contributed by atoms with Crippen LogP contribution >= 0.6 is 0 Å². The van der Waals surface area contributed by atoms with Crippen molar-refractivity contribution in [3.8, 4) is 0 Å². The molecule has 10 heavy (non-hydrogen) atoms. The molecule has 0 spiro atoms. The van der Waals surface area contributed by atoms with Crippen LogP contribution in [0.3, 0.4) is 0 Å². The summed E-state index contributed by atoms with van der Waals surface area (Å²) in [6.45, 7) is 9.00. The summed E-state index contributed by atoms with van der Waals surface area (Å²) in [5, 5.41) is 0. The fourth-order valence-corrected chi connectivity index (χ4v) is 1.01. The molecule has 0 saturated heterocycles. The van der Waals surface area contributed by atoms with Gasteiger partial charge in [-0.3, -0.25) is 0 Å². The number of allylic oxidation sites excluding steroid dienone is 1. The molecule has 2 N–H and O–H groups in total. The van der Waals surface area contributed by atoms with E-state index < -0.39 is 0 Å². The molecule has 1 heteroatoms. The average molecular weight is 141 g/mol. The first-order valence-electron chi connectivity index (χ1n) is 3.93. The zero-order chi connectivity index (χ0) is 8.04. The molecule has 0 unspecified atom stereocenters. The Morgan fingerprint density at radius 1 is 1.40 bits per heavy atom. The van der Waals surface area contributed by atoms with Gasteiger partial charge in [-0.1, -0.05) is 19.9 Å². The molecule has 0 rings (SSSR count). The quantitative estimate of drug-likeness (QED) is 0.584. The summed E-state index contributed by atoms with van der Waals surface area (Å²) in [4.78, 5) is 0. The van der Waals surface area contributed by atoms with Crippen LogP contribution in [0.4, 0.5) is 0 Å². The highest BCUT2D eigenvalue weighted by Gasteiger charge is 2.14. The third-order valence-electron chi connectivity index (χ3n) is 1.85. The summed E-state index contributed by atoms with van der Waals surface area (Å²) < 4.78 is 0. The van der Waals surface area contributed by atoms with Gasteiger partial charge < -0.3 is 5.73 Å². The molecule has 0 aromatic heterocycles. The minimum absolute atomic E-state index is 0.406. The third kappa shape index (κ3) is 4.57. The normalized spacial score (nSPS) is 11.5. The molecule has 0 aromatic carbocycles. The largest absolute Gasteiger partial charge is 0.330 e. The molecule has 0 bridgehead atoms. The lowest BCUT2D eigenvalue weighted by atomic mass is 9.84. The van der Waals surface area contributed by atoms with E-state index in [1.54, 1.807) is 0 Å². The van der Waals surface area contributed by atoms with E-state index in [-0.39, 0.29) is 0 Å². The minimum atomic E-state index is 0.406. The van der Waals surface area contributed by atoms with Gasteiger partial charge in [-0.2, -0.15) is 0 Å². The maximum absolute atomic E-state index is 5.46. The number of hydrogen-bond acceptors (Lipinski definition) is 1. The Hall–Kier alpha value is -0.300. The Balaban J connectivity index is 3.51. The minimum Gasteiger partial charge on any atom is -0.330 e. The second-order valence-electron chi connectivity index (χ2n) is 3.53. The fraction of sp³-hybridized carbons (Fsp3) is 0.778. The highest BCUT2D eigenvalue weighted by atomic mass is 14.5. The van der Waals surface area contributed by atoms with Gasteiger partial charge in [-0.05, 0) is 31.2 Å². The van der Waals surface area contributed by atoms with Crippen molar-refractivity contribution in [3.05, 3.63) is 12.7 Å². The Morgan fingerprint density at radius 2 is 2.00 bits per heavy atom. The van der Waals surface area contributed by atoms with E-state index in [0.717, 1.165) is 19.4 Å². The van der Waals surface area contributed by atoms with Crippen LogP contribution in [0, 0.1) is 5.41 Å². The van der Waals surface area contributed by atoms with E-state index in [9.17, 15) is 0 Å². The van der Waals surface area contributed by atoms with Crippen LogP contribution in [-0.2, 0) is 0 Å². The van der Waals surface area contributed by atoms with Crippen molar-refractivity contribution in [1.29, 1.82) is 0 Å². The van der Waals surface area contributed by atoms with Crippen molar-refractivity contribution >= 4 is 0 Å². The summed E-state index contributed by atoms with van der Waals surface area (Å²) in [5.41, 5.74) is 5.87. The molecule has 1 nitrogen and oxygen atoms in total. The third-order valence-corrected chi connectivity index (χ3v) is 1.85. The lowest BCUT2D eigenvalue weighted by Crippen LogP contribution is -2.16. The Bertz CT molecular complexity index is 94.9. The lowest BCUT2D eigenvalue weighted by Gasteiger charge is -2.22. The SMILES string of the molecule is C=CCCC(C)(C)CCN. The van der Waals surface area contributed by atoms with E-state index in [1.807, 2.05) is 6.08 Å². The number of nitrogens with two attached hydrogens (primary N) is 1. The van der Waals surface area contributed by atoms with Crippen molar-refractivity contribution in [2.45, 2.75) is 33.1 Å². The lowest BCUT2D eigenvalue weighted by molar-refractivity contribution is 0.316. The van der Waals surface area contributed by atoms with Crippen LogP contribution < -0.4 is 5.73 Å². The summed E-state index contributed by atoms with van der Waals surface area (Å²) >= 11 is 0. The Labute approximate surface area is 64.3 Å². The first-order chi connectivity index (χ1) is 4.62. The van der Waals surface area contributed by atoms with Crippen LogP contribution in [0.25, 0.3) is 0 Å². The van der Waals surface area contributed by atoms with E-state index in [0.29, 0.717) is 5.41 Å². The smallest absolute Gasteiger partial charge is 0.00722 e. The molecule has 0 aliphatic heterocycles. The van der Waals surface area contributed by atoms with Gasteiger partial charge in [0.1, 0.15) is 0 Å². The Morgan fingerprint density at radius 3 is 2.40 bits per heavy atom. The predicted octanol–water partition coefficient (Wildman–Crippen LogP) is 2.33. The molecule has 0 fully saturated rings. The van der Waals surface area contributed by atoms with E-state index >= 15 is 0 Å². The molecule has 0 aromatic rings. The highest BCUT2D eigenvalue weighted by Crippen LogP contribution is 2.25. The zero-order valence-electron chi connectivity index (χ0n) is 7.19. The first kappa shape index (κ1) is 9.70. The van der Waals surface area contributed by atoms with Crippen LogP contribution in [0.5, 0.6) is 0 Å². The van der Waals surface area contributed by atoms with Crippen molar-refractivity contribution in [3.63, 3.8) is 0 Å². The maximum atomic E-state index is 5.46. The number of hydrogen-bond donors (Lipinski definition) is 1. The predicted molar refractivity (Wildman–Crippen MR) is 46.9 cm³/mol. The molecule has 0 amide bonds.